The zero-order valence-corrected chi connectivity index (χ0v) is 23.3. The van der Waals surface area contributed by atoms with Crippen LogP contribution in [0, 0.1) is 19.8 Å². The molecule has 0 bridgehead atoms. The van der Waals surface area contributed by atoms with E-state index in [-0.39, 0.29) is 37.3 Å². The summed E-state index contributed by atoms with van der Waals surface area (Å²) >= 11 is 0. The van der Waals surface area contributed by atoms with E-state index in [1.165, 1.54) is 0 Å². The highest BCUT2D eigenvalue weighted by Crippen LogP contribution is 2.30. The number of carbonyl (C=O) groups excluding carboxylic acids is 2. The van der Waals surface area contributed by atoms with Crippen LogP contribution in [0.2, 0.25) is 0 Å². The third-order valence-corrected chi connectivity index (χ3v) is 6.78. The highest BCUT2D eigenvalue weighted by molar-refractivity contribution is 5.94. The van der Waals surface area contributed by atoms with Gasteiger partial charge in [-0.2, -0.15) is 0 Å². The summed E-state index contributed by atoms with van der Waals surface area (Å²) in [7, 11) is 0. The van der Waals surface area contributed by atoms with E-state index in [0.717, 1.165) is 23.1 Å². The first kappa shape index (κ1) is 29.7. The molecule has 0 fully saturated rings. The van der Waals surface area contributed by atoms with Gasteiger partial charge >= 0.3 is 0 Å². The average Bonchev–Trinajstić information content (AvgIpc) is 2.91. The number of benzene rings is 3. The first-order valence-corrected chi connectivity index (χ1v) is 13.5. The van der Waals surface area contributed by atoms with Crippen molar-refractivity contribution in [3.8, 4) is 5.75 Å². The number of nitrogens with two attached hydrogens (primary N) is 1. The molecule has 5 N–H and O–H groups in total. The second-order valence-electron chi connectivity index (χ2n) is 10.5. The van der Waals surface area contributed by atoms with E-state index >= 15 is 0 Å². The topological polar surface area (TPSA) is 114 Å². The smallest absolute Gasteiger partial charge is 0.258 e. The van der Waals surface area contributed by atoms with Crippen molar-refractivity contribution in [3.63, 3.8) is 0 Å². The molecule has 0 spiro atoms. The minimum absolute atomic E-state index is 0.127. The van der Waals surface area contributed by atoms with Crippen LogP contribution in [0.1, 0.15) is 59.7 Å². The lowest BCUT2D eigenvalue weighted by molar-refractivity contribution is -0.125. The van der Waals surface area contributed by atoms with E-state index in [4.69, 9.17) is 10.5 Å². The molecule has 0 saturated heterocycles. The Morgan fingerprint density at radius 1 is 0.923 bits per heavy atom. The zero-order valence-electron chi connectivity index (χ0n) is 23.3. The van der Waals surface area contributed by atoms with Gasteiger partial charge < -0.3 is 26.2 Å². The van der Waals surface area contributed by atoms with E-state index in [1.54, 1.807) is 24.3 Å². The van der Waals surface area contributed by atoms with Crippen LogP contribution >= 0.6 is 0 Å². The molecule has 3 aromatic rings. The number of aliphatic hydroxyl groups is 1. The lowest BCUT2D eigenvalue weighted by Gasteiger charge is -2.33. The highest BCUT2D eigenvalue weighted by Gasteiger charge is 2.31. The molecule has 0 aliphatic heterocycles. The van der Waals surface area contributed by atoms with Gasteiger partial charge in [0, 0.05) is 23.7 Å². The summed E-state index contributed by atoms with van der Waals surface area (Å²) in [6.07, 6.45) is 0.136. The molecule has 7 heteroatoms. The first-order chi connectivity index (χ1) is 18.7. The number of aryl methyl sites for hydroxylation is 2. The number of hydrogen-bond acceptors (Lipinski definition) is 5. The van der Waals surface area contributed by atoms with Crippen molar-refractivity contribution in [1.82, 2.24) is 10.6 Å². The second-order valence-corrected chi connectivity index (χ2v) is 10.5. The molecule has 0 heterocycles. The van der Waals surface area contributed by atoms with E-state index < -0.39 is 12.1 Å². The molecule has 0 aromatic heterocycles. The third-order valence-electron chi connectivity index (χ3n) is 6.78. The molecule has 7 nitrogen and oxygen atoms in total. The molecule has 3 atom stereocenters. The Kier molecular flexibility index (Phi) is 10.9. The molecule has 3 unspecified atom stereocenters. The largest absolute Gasteiger partial charge is 0.483 e. The maximum Gasteiger partial charge on any atom is 0.258 e. The summed E-state index contributed by atoms with van der Waals surface area (Å²) in [5.41, 5.74) is 9.74. The molecule has 0 aliphatic rings. The molecule has 39 heavy (non-hydrogen) atoms. The molecule has 0 saturated carbocycles. The summed E-state index contributed by atoms with van der Waals surface area (Å²) in [6, 6.07) is 21.9. The number of ether oxygens (including phenoxy) is 1. The summed E-state index contributed by atoms with van der Waals surface area (Å²) < 4.78 is 5.89. The summed E-state index contributed by atoms with van der Waals surface area (Å²) in [4.78, 5) is 25.7. The molecule has 208 valence electrons. The average molecular weight is 532 g/mol. The van der Waals surface area contributed by atoms with Crippen molar-refractivity contribution in [1.29, 1.82) is 0 Å². The van der Waals surface area contributed by atoms with E-state index in [1.807, 2.05) is 62.4 Å². The number of nitrogen functional groups attached to an aromatic ring is 1. The van der Waals surface area contributed by atoms with Gasteiger partial charge in [0.25, 0.3) is 11.8 Å². The fourth-order valence-electron chi connectivity index (χ4n) is 4.80. The van der Waals surface area contributed by atoms with Crippen LogP contribution in [0.25, 0.3) is 0 Å². The standard InChI is InChI=1S/C32H41N3O4/c1-21(2)19-27(24-11-6-5-7-12-24)30(35-29(37)20-39-31-22(3)9-8-10-23(31)4)28(36)17-18-34-32(38)25-13-15-26(33)16-14-25/h5-16,21,27-28,30,36H,17-20,33H2,1-4H3,(H,34,38)(H,35,37). The maximum atomic E-state index is 13.1. The molecule has 0 aliphatic carbocycles. The third kappa shape index (κ3) is 8.86. The predicted octanol–water partition coefficient (Wildman–Crippen LogP) is 4.76. The van der Waals surface area contributed by atoms with Gasteiger partial charge in [0.2, 0.25) is 0 Å². The monoisotopic (exact) mass is 531 g/mol. The fourth-order valence-corrected chi connectivity index (χ4v) is 4.80. The number of amides is 2. The van der Waals surface area contributed by atoms with Gasteiger partial charge in [-0.15, -0.1) is 0 Å². The molecule has 0 radical (unpaired) electrons. The minimum Gasteiger partial charge on any atom is -0.483 e. The molecule has 3 rings (SSSR count). The number of hydrogen-bond donors (Lipinski definition) is 4. The number of aliphatic hydroxyl groups excluding tert-OH is 1. The van der Waals surface area contributed by atoms with Crippen LogP contribution in [-0.2, 0) is 4.79 Å². The van der Waals surface area contributed by atoms with Crippen LogP contribution in [0.15, 0.2) is 72.8 Å². The number of anilines is 1. The van der Waals surface area contributed by atoms with Crippen molar-refractivity contribution >= 4 is 17.5 Å². The Labute approximate surface area is 231 Å². The number of carbonyl (C=O) groups is 2. The summed E-state index contributed by atoms with van der Waals surface area (Å²) in [5, 5.41) is 17.3. The second kappa shape index (κ2) is 14.4. The van der Waals surface area contributed by atoms with Crippen molar-refractivity contribution in [2.24, 2.45) is 5.92 Å². The quantitative estimate of drug-likeness (QED) is 0.238. The minimum atomic E-state index is -0.898. The van der Waals surface area contributed by atoms with Gasteiger partial charge in [0.05, 0.1) is 12.1 Å². The lowest BCUT2D eigenvalue weighted by Crippen LogP contribution is -2.50. The van der Waals surface area contributed by atoms with Gasteiger partial charge in [-0.3, -0.25) is 9.59 Å². The highest BCUT2D eigenvalue weighted by atomic mass is 16.5. The van der Waals surface area contributed by atoms with Crippen LogP contribution in [0.5, 0.6) is 5.75 Å². The van der Waals surface area contributed by atoms with Crippen LogP contribution in [-0.4, -0.2) is 42.2 Å². The predicted molar refractivity (Wildman–Crippen MR) is 156 cm³/mol. The Morgan fingerprint density at radius 2 is 1.56 bits per heavy atom. The molecular formula is C32H41N3O4. The Balaban J connectivity index is 1.74. The van der Waals surface area contributed by atoms with Gasteiger partial charge in [-0.05, 0) is 73.6 Å². The zero-order chi connectivity index (χ0) is 28.4. The SMILES string of the molecule is Cc1cccc(C)c1OCC(=O)NC(C(O)CCNC(=O)c1ccc(N)cc1)C(CC(C)C)c1ccccc1. The first-order valence-electron chi connectivity index (χ1n) is 13.5. The van der Waals surface area contributed by atoms with E-state index in [0.29, 0.717) is 22.9 Å². The number of nitrogens with one attached hydrogen (secondary N) is 2. The Morgan fingerprint density at radius 3 is 2.18 bits per heavy atom. The summed E-state index contributed by atoms with van der Waals surface area (Å²) in [5.74, 6) is 0.344. The van der Waals surface area contributed by atoms with Crippen LogP contribution in [0.3, 0.4) is 0 Å². The molecule has 3 aromatic carbocycles. The van der Waals surface area contributed by atoms with E-state index in [2.05, 4.69) is 24.5 Å². The van der Waals surface area contributed by atoms with Gasteiger partial charge in [0.1, 0.15) is 5.75 Å². The Bertz CT molecular complexity index is 1190. The maximum absolute atomic E-state index is 13.1. The molecular weight excluding hydrogens is 490 g/mol. The van der Waals surface area contributed by atoms with Gasteiger partial charge in [-0.1, -0.05) is 62.4 Å². The van der Waals surface area contributed by atoms with Crippen molar-refractivity contribution in [3.05, 3.63) is 95.1 Å². The lowest BCUT2D eigenvalue weighted by atomic mass is 9.81. The number of rotatable bonds is 13. The molecule has 2 amide bonds. The van der Waals surface area contributed by atoms with Gasteiger partial charge in [-0.25, -0.2) is 0 Å². The van der Waals surface area contributed by atoms with Gasteiger partial charge in [0.15, 0.2) is 6.61 Å². The van der Waals surface area contributed by atoms with Crippen molar-refractivity contribution in [2.75, 3.05) is 18.9 Å². The van der Waals surface area contributed by atoms with E-state index in [9.17, 15) is 14.7 Å². The number of para-hydroxylation sites is 1. The Hall–Kier alpha value is -3.84. The van der Waals surface area contributed by atoms with Crippen LogP contribution in [0.4, 0.5) is 5.69 Å². The van der Waals surface area contributed by atoms with Crippen molar-refractivity contribution < 1.29 is 19.4 Å². The van der Waals surface area contributed by atoms with Crippen LogP contribution < -0.4 is 21.1 Å². The van der Waals surface area contributed by atoms with Crippen molar-refractivity contribution in [2.45, 2.75) is 58.6 Å². The normalized spacial score (nSPS) is 13.4. The fraction of sp³-hybridized carbons (Fsp3) is 0.375. The summed E-state index contributed by atoms with van der Waals surface area (Å²) in [6.45, 7) is 8.22.